The van der Waals surface area contributed by atoms with E-state index in [1.165, 1.54) is 6.21 Å². The van der Waals surface area contributed by atoms with Crippen LogP contribution in [0.3, 0.4) is 0 Å². The van der Waals surface area contributed by atoms with Crippen molar-refractivity contribution in [3.8, 4) is 11.5 Å². The predicted molar refractivity (Wildman–Crippen MR) is 116 cm³/mol. The van der Waals surface area contributed by atoms with Crippen LogP contribution in [-0.4, -0.2) is 44.6 Å². The third-order valence-electron chi connectivity index (χ3n) is 5.03. The number of anilines is 1. The zero-order valence-corrected chi connectivity index (χ0v) is 16.0. The van der Waals surface area contributed by atoms with Crippen LogP contribution >= 0.6 is 0 Å². The van der Waals surface area contributed by atoms with Gasteiger partial charge < -0.3 is 19.4 Å². The summed E-state index contributed by atoms with van der Waals surface area (Å²) in [5.74, 6) is 1.49. The van der Waals surface area contributed by atoms with Crippen molar-refractivity contribution < 1.29 is 9.47 Å². The first-order valence-corrected chi connectivity index (χ1v) is 9.61. The number of hydrazone groups is 1. The zero-order valence-electron chi connectivity index (χ0n) is 16.0. The van der Waals surface area contributed by atoms with Crippen molar-refractivity contribution in [2.75, 3.05) is 18.6 Å². The van der Waals surface area contributed by atoms with Crippen LogP contribution in [0, 0.1) is 0 Å². The molecule has 10 heteroatoms. The van der Waals surface area contributed by atoms with Gasteiger partial charge in [-0.1, -0.05) is 18.2 Å². The Morgan fingerprint density at radius 1 is 1.00 bits per heavy atom. The number of aromatic nitrogens is 5. The van der Waals surface area contributed by atoms with Crippen LogP contribution in [0.5, 0.6) is 11.5 Å². The standard InChI is InChI=1S/C21H15N7O3/c29-20-12(7-11-8-16-17(9-15(11)24-20)31-6-5-30-16)10-22-27-21-25-19-18(26-28-21)13-3-1-2-4-14(13)23-19/h1-4,7-10H,5-6H2,(H,24,29)(H2,23,25,27,28)/b22-10+. The summed E-state index contributed by atoms with van der Waals surface area (Å²) in [6.07, 6.45) is 1.41. The summed E-state index contributed by atoms with van der Waals surface area (Å²) in [6.45, 7) is 0.981. The molecular weight excluding hydrogens is 398 g/mol. The van der Waals surface area contributed by atoms with Crippen molar-refractivity contribution in [1.82, 2.24) is 25.1 Å². The molecule has 0 spiro atoms. The monoisotopic (exact) mass is 413 g/mol. The molecule has 6 rings (SSSR count). The number of nitrogens with zero attached hydrogens (tertiary/aromatic N) is 4. The average molecular weight is 413 g/mol. The molecule has 1 aliphatic rings. The fraction of sp³-hybridized carbons (Fsp3) is 0.0952. The van der Waals surface area contributed by atoms with Gasteiger partial charge in [0.05, 0.1) is 17.3 Å². The first-order chi connectivity index (χ1) is 15.2. The largest absolute Gasteiger partial charge is 0.486 e. The number of aromatic amines is 2. The second-order valence-electron chi connectivity index (χ2n) is 7.01. The number of H-pyrrole nitrogens is 2. The van der Waals surface area contributed by atoms with Crippen LogP contribution in [0.2, 0.25) is 0 Å². The minimum absolute atomic E-state index is 0.215. The molecule has 152 valence electrons. The lowest BCUT2D eigenvalue weighted by Crippen LogP contribution is -2.16. The molecule has 1 aliphatic heterocycles. The van der Waals surface area contributed by atoms with Gasteiger partial charge in [-0.2, -0.15) is 10.1 Å². The van der Waals surface area contributed by atoms with Crippen molar-refractivity contribution in [2.24, 2.45) is 5.10 Å². The van der Waals surface area contributed by atoms with Crippen LogP contribution in [0.15, 0.2) is 52.4 Å². The fourth-order valence-electron chi connectivity index (χ4n) is 3.58. The summed E-state index contributed by atoms with van der Waals surface area (Å²) in [6, 6.07) is 13.1. The Kier molecular flexibility index (Phi) is 3.82. The molecular formula is C21H15N7O3. The number of para-hydroxylation sites is 1. The minimum Gasteiger partial charge on any atom is -0.486 e. The molecule has 0 amide bonds. The number of ether oxygens (including phenoxy) is 2. The zero-order chi connectivity index (χ0) is 20.8. The van der Waals surface area contributed by atoms with E-state index in [0.717, 1.165) is 16.3 Å². The van der Waals surface area contributed by atoms with Crippen molar-refractivity contribution in [2.45, 2.75) is 0 Å². The summed E-state index contributed by atoms with van der Waals surface area (Å²) in [5.41, 5.74) is 5.70. The number of pyridine rings is 1. The Balaban J connectivity index is 1.29. The van der Waals surface area contributed by atoms with Gasteiger partial charge in [-0.05, 0) is 18.2 Å². The number of fused-ring (bicyclic) bond motifs is 5. The fourth-order valence-corrected chi connectivity index (χ4v) is 3.58. The van der Waals surface area contributed by atoms with E-state index in [1.807, 2.05) is 30.3 Å². The highest BCUT2D eigenvalue weighted by Gasteiger charge is 2.14. The van der Waals surface area contributed by atoms with E-state index >= 15 is 0 Å². The van der Waals surface area contributed by atoms with Gasteiger partial charge >= 0.3 is 0 Å². The van der Waals surface area contributed by atoms with Crippen LogP contribution < -0.4 is 20.5 Å². The second-order valence-corrected chi connectivity index (χ2v) is 7.01. The van der Waals surface area contributed by atoms with E-state index in [-0.39, 0.29) is 11.5 Å². The molecule has 3 aromatic heterocycles. The first-order valence-electron chi connectivity index (χ1n) is 9.61. The number of hydrogen-bond donors (Lipinski definition) is 3. The normalized spacial score (nSPS) is 13.4. The molecule has 0 saturated carbocycles. The minimum atomic E-state index is -0.278. The lowest BCUT2D eigenvalue weighted by atomic mass is 10.1. The molecule has 4 heterocycles. The van der Waals surface area contributed by atoms with Gasteiger partial charge in [0.2, 0.25) is 0 Å². The van der Waals surface area contributed by atoms with E-state index in [1.54, 1.807) is 12.1 Å². The Labute approximate surface area is 173 Å². The van der Waals surface area contributed by atoms with Gasteiger partial charge in [-0.25, -0.2) is 5.43 Å². The molecule has 3 N–H and O–H groups in total. The highest BCUT2D eigenvalue weighted by Crippen LogP contribution is 2.33. The Bertz CT molecular complexity index is 1550. The third kappa shape index (κ3) is 3.01. The van der Waals surface area contributed by atoms with Crippen LogP contribution in [0.25, 0.3) is 33.0 Å². The van der Waals surface area contributed by atoms with Crippen LogP contribution in [0.4, 0.5) is 5.95 Å². The summed E-state index contributed by atoms with van der Waals surface area (Å²) < 4.78 is 11.2. The van der Waals surface area contributed by atoms with Crippen LogP contribution in [-0.2, 0) is 0 Å². The van der Waals surface area contributed by atoms with Crippen molar-refractivity contribution >= 4 is 45.1 Å². The van der Waals surface area contributed by atoms with E-state index < -0.39 is 0 Å². The molecule has 2 aromatic carbocycles. The van der Waals surface area contributed by atoms with E-state index in [0.29, 0.717) is 47.0 Å². The summed E-state index contributed by atoms with van der Waals surface area (Å²) in [4.78, 5) is 22.9. The molecule has 10 nitrogen and oxygen atoms in total. The molecule has 0 radical (unpaired) electrons. The van der Waals surface area contributed by atoms with Crippen LogP contribution in [0.1, 0.15) is 5.56 Å². The van der Waals surface area contributed by atoms with Gasteiger partial charge in [0.1, 0.15) is 18.7 Å². The maximum absolute atomic E-state index is 12.4. The highest BCUT2D eigenvalue weighted by atomic mass is 16.6. The SMILES string of the molecule is O=c1[nH]c2cc3c(cc2cc1/C=N/Nc1nnc2c(n1)[nH]c1ccccc12)OCCO3. The number of nitrogens with one attached hydrogen (secondary N) is 3. The lowest BCUT2D eigenvalue weighted by Gasteiger charge is -2.18. The lowest BCUT2D eigenvalue weighted by molar-refractivity contribution is 0.172. The quantitative estimate of drug-likeness (QED) is 0.306. The Morgan fingerprint density at radius 3 is 2.74 bits per heavy atom. The molecule has 0 bridgehead atoms. The van der Waals surface area contributed by atoms with E-state index in [9.17, 15) is 4.79 Å². The van der Waals surface area contributed by atoms with Gasteiger partial charge in [0, 0.05) is 22.4 Å². The summed E-state index contributed by atoms with van der Waals surface area (Å²) in [5, 5.41) is 14.1. The van der Waals surface area contributed by atoms with Crippen molar-refractivity contribution in [3.05, 3.63) is 58.4 Å². The number of hydrogen-bond acceptors (Lipinski definition) is 8. The molecule has 0 atom stereocenters. The van der Waals surface area contributed by atoms with Gasteiger partial charge in [-0.15, -0.1) is 10.2 Å². The second kappa shape index (κ2) is 6.80. The maximum Gasteiger partial charge on any atom is 0.265 e. The topological polar surface area (TPSA) is 130 Å². The molecule has 5 aromatic rings. The van der Waals surface area contributed by atoms with Gasteiger partial charge in [0.25, 0.3) is 11.5 Å². The molecule has 0 unspecified atom stereocenters. The van der Waals surface area contributed by atoms with Gasteiger partial charge in [0.15, 0.2) is 17.1 Å². The summed E-state index contributed by atoms with van der Waals surface area (Å²) in [7, 11) is 0. The number of rotatable bonds is 3. The Morgan fingerprint density at radius 2 is 1.84 bits per heavy atom. The van der Waals surface area contributed by atoms with E-state index in [2.05, 4.69) is 35.7 Å². The smallest absolute Gasteiger partial charge is 0.265 e. The highest BCUT2D eigenvalue weighted by molar-refractivity contribution is 6.03. The molecule has 31 heavy (non-hydrogen) atoms. The average Bonchev–Trinajstić information content (AvgIpc) is 3.16. The predicted octanol–water partition coefficient (Wildman–Crippen LogP) is 2.56. The first kappa shape index (κ1) is 17.4. The number of benzene rings is 2. The molecule has 0 saturated heterocycles. The van der Waals surface area contributed by atoms with Crippen molar-refractivity contribution in [1.29, 1.82) is 0 Å². The summed E-state index contributed by atoms with van der Waals surface area (Å²) >= 11 is 0. The van der Waals surface area contributed by atoms with Gasteiger partial charge in [-0.3, -0.25) is 4.79 Å². The van der Waals surface area contributed by atoms with E-state index in [4.69, 9.17) is 9.47 Å². The van der Waals surface area contributed by atoms with Crippen molar-refractivity contribution in [3.63, 3.8) is 0 Å². The Hall–Kier alpha value is -4.47. The molecule has 0 fully saturated rings. The molecule has 0 aliphatic carbocycles. The third-order valence-corrected chi connectivity index (χ3v) is 5.03. The maximum atomic E-state index is 12.4.